The summed E-state index contributed by atoms with van der Waals surface area (Å²) in [5, 5.41) is 0.422. The maximum atomic E-state index is 12.6. The van der Waals surface area contributed by atoms with E-state index in [9.17, 15) is 18.0 Å². The number of benzene rings is 2. The lowest BCUT2D eigenvalue weighted by atomic mass is 10.1. The maximum absolute atomic E-state index is 12.6. The Morgan fingerprint density at radius 3 is 2.47 bits per heavy atom. The van der Waals surface area contributed by atoms with Gasteiger partial charge < -0.3 is 9.47 Å². The summed E-state index contributed by atoms with van der Waals surface area (Å²) in [7, 11) is -3.57. The summed E-state index contributed by atoms with van der Waals surface area (Å²) in [6, 6.07) is 12.5. The first kappa shape index (κ1) is 22.2. The van der Waals surface area contributed by atoms with Gasteiger partial charge in [-0.1, -0.05) is 35.9 Å². The predicted molar refractivity (Wildman–Crippen MR) is 112 cm³/mol. The van der Waals surface area contributed by atoms with Crippen molar-refractivity contribution < 1.29 is 27.5 Å². The first-order valence-corrected chi connectivity index (χ1v) is 11.0. The molecule has 0 unspecified atom stereocenters. The molecule has 158 valence electrons. The molecule has 2 aromatic carbocycles. The summed E-state index contributed by atoms with van der Waals surface area (Å²) in [6.45, 7) is 0.998. The van der Waals surface area contributed by atoms with E-state index in [-0.39, 0.29) is 10.7 Å². The lowest BCUT2D eigenvalue weighted by Crippen LogP contribution is -2.40. The summed E-state index contributed by atoms with van der Waals surface area (Å²) in [5.74, 6) is -1.05. The minimum absolute atomic E-state index is 0.177. The molecule has 0 radical (unpaired) electrons. The quantitative estimate of drug-likeness (QED) is 0.367. The number of hydrogen-bond acceptors (Lipinski definition) is 6. The normalized spacial score (nSPS) is 15.2. The van der Waals surface area contributed by atoms with Crippen molar-refractivity contribution in [1.82, 2.24) is 4.31 Å². The summed E-state index contributed by atoms with van der Waals surface area (Å²) in [4.78, 5) is 24.0. The fraction of sp³-hybridized carbons (Fsp3) is 0.238. The molecule has 2 aromatic rings. The van der Waals surface area contributed by atoms with Gasteiger partial charge in [-0.3, -0.25) is 4.79 Å². The second-order valence-electron chi connectivity index (χ2n) is 6.46. The Hall–Kier alpha value is -2.52. The molecule has 0 spiro atoms. The Morgan fingerprint density at radius 1 is 1.10 bits per heavy atom. The van der Waals surface area contributed by atoms with Crippen LogP contribution < -0.4 is 0 Å². The van der Waals surface area contributed by atoms with Gasteiger partial charge in [0.2, 0.25) is 10.0 Å². The van der Waals surface area contributed by atoms with Crippen LogP contribution in [0.15, 0.2) is 59.5 Å². The largest absolute Gasteiger partial charge is 0.454 e. The number of hydrogen-bond donors (Lipinski definition) is 0. The maximum Gasteiger partial charge on any atom is 0.331 e. The number of halogens is 1. The third kappa shape index (κ3) is 5.76. The highest BCUT2D eigenvalue weighted by Crippen LogP contribution is 2.18. The molecule has 0 saturated carbocycles. The van der Waals surface area contributed by atoms with Gasteiger partial charge in [0.1, 0.15) is 0 Å². The van der Waals surface area contributed by atoms with E-state index in [1.165, 1.54) is 34.7 Å². The minimum atomic E-state index is -3.57. The molecule has 1 heterocycles. The van der Waals surface area contributed by atoms with Crippen LogP contribution in [0.5, 0.6) is 0 Å². The van der Waals surface area contributed by atoms with Gasteiger partial charge in [0.15, 0.2) is 12.4 Å². The van der Waals surface area contributed by atoms with Crippen LogP contribution in [0.25, 0.3) is 6.08 Å². The van der Waals surface area contributed by atoms with Gasteiger partial charge in [0, 0.05) is 29.8 Å². The molecule has 0 aromatic heterocycles. The van der Waals surface area contributed by atoms with E-state index in [1.54, 1.807) is 30.3 Å². The summed E-state index contributed by atoms with van der Waals surface area (Å²) < 4.78 is 36.7. The number of morpholine rings is 1. The number of ketones is 1. The van der Waals surface area contributed by atoms with Crippen molar-refractivity contribution in [3.63, 3.8) is 0 Å². The monoisotopic (exact) mass is 449 g/mol. The van der Waals surface area contributed by atoms with E-state index >= 15 is 0 Å². The van der Waals surface area contributed by atoms with Gasteiger partial charge in [-0.05, 0) is 35.9 Å². The van der Waals surface area contributed by atoms with Gasteiger partial charge in [-0.25, -0.2) is 13.2 Å². The number of nitrogens with zero attached hydrogens (tertiary/aromatic N) is 1. The third-order valence-electron chi connectivity index (χ3n) is 4.39. The number of ether oxygens (including phenoxy) is 2. The Morgan fingerprint density at radius 2 is 1.80 bits per heavy atom. The molecular weight excluding hydrogens is 430 g/mol. The zero-order valence-corrected chi connectivity index (χ0v) is 17.6. The molecule has 0 amide bonds. The average Bonchev–Trinajstić information content (AvgIpc) is 2.77. The van der Waals surface area contributed by atoms with Gasteiger partial charge in [-0.2, -0.15) is 4.31 Å². The zero-order chi connectivity index (χ0) is 21.6. The van der Waals surface area contributed by atoms with E-state index in [0.717, 1.165) is 0 Å². The highest BCUT2D eigenvalue weighted by molar-refractivity contribution is 7.89. The molecule has 0 atom stereocenters. The summed E-state index contributed by atoms with van der Waals surface area (Å²) in [6.07, 6.45) is 2.66. The molecule has 1 aliphatic heterocycles. The molecule has 1 saturated heterocycles. The Labute approximate surface area is 179 Å². The second-order valence-corrected chi connectivity index (χ2v) is 8.83. The third-order valence-corrected chi connectivity index (χ3v) is 6.54. The minimum Gasteiger partial charge on any atom is -0.454 e. The van der Waals surface area contributed by atoms with Gasteiger partial charge >= 0.3 is 5.97 Å². The SMILES string of the molecule is O=C(C=Cc1ccc(S(=O)(=O)N2CCOCC2)cc1)OCC(=O)c1cccc(Cl)c1. The lowest BCUT2D eigenvalue weighted by molar-refractivity contribution is -0.136. The molecule has 7 nitrogen and oxygen atoms in total. The molecule has 3 rings (SSSR count). The molecule has 1 fully saturated rings. The summed E-state index contributed by atoms with van der Waals surface area (Å²) in [5.41, 5.74) is 0.977. The van der Waals surface area contributed by atoms with Crippen LogP contribution in [0.4, 0.5) is 0 Å². The van der Waals surface area contributed by atoms with E-state index in [4.69, 9.17) is 21.1 Å². The highest BCUT2D eigenvalue weighted by atomic mass is 35.5. The smallest absolute Gasteiger partial charge is 0.331 e. The van der Waals surface area contributed by atoms with E-state index in [0.29, 0.717) is 42.5 Å². The molecule has 0 aliphatic carbocycles. The van der Waals surface area contributed by atoms with E-state index in [1.807, 2.05) is 0 Å². The first-order chi connectivity index (χ1) is 14.4. The first-order valence-electron chi connectivity index (χ1n) is 9.18. The van der Waals surface area contributed by atoms with Gasteiger partial charge in [0.05, 0.1) is 18.1 Å². The van der Waals surface area contributed by atoms with Crippen LogP contribution in [0.2, 0.25) is 5.02 Å². The van der Waals surface area contributed by atoms with Gasteiger partial charge in [0.25, 0.3) is 0 Å². The van der Waals surface area contributed by atoms with Crippen molar-refractivity contribution in [2.75, 3.05) is 32.9 Å². The van der Waals surface area contributed by atoms with Crippen LogP contribution in [0.1, 0.15) is 15.9 Å². The molecule has 30 heavy (non-hydrogen) atoms. The fourth-order valence-electron chi connectivity index (χ4n) is 2.78. The van der Waals surface area contributed by atoms with Crippen LogP contribution in [0.3, 0.4) is 0 Å². The van der Waals surface area contributed by atoms with Crippen molar-refractivity contribution >= 4 is 39.5 Å². The Balaban J connectivity index is 1.55. The lowest BCUT2D eigenvalue weighted by Gasteiger charge is -2.26. The molecular formula is C21H20ClNO6S. The Bertz CT molecular complexity index is 1040. The zero-order valence-electron chi connectivity index (χ0n) is 16.0. The Kier molecular flexibility index (Phi) is 7.38. The molecule has 9 heteroatoms. The van der Waals surface area contributed by atoms with E-state index in [2.05, 4.69) is 0 Å². The number of sulfonamides is 1. The number of esters is 1. The predicted octanol–water partition coefficient (Wildman–Crippen LogP) is 2.80. The fourth-order valence-corrected chi connectivity index (χ4v) is 4.38. The van der Waals surface area contributed by atoms with Crippen LogP contribution >= 0.6 is 11.6 Å². The number of Topliss-reactive ketones (excluding diaryl/α,β-unsaturated/α-hetero) is 1. The van der Waals surface area contributed by atoms with Gasteiger partial charge in [-0.15, -0.1) is 0 Å². The number of carbonyl (C=O) groups excluding carboxylic acids is 2. The van der Waals surface area contributed by atoms with Crippen LogP contribution in [-0.2, 0) is 24.3 Å². The van der Waals surface area contributed by atoms with Crippen LogP contribution in [0, 0.1) is 0 Å². The van der Waals surface area contributed by atoms with Crippen molar-refractivity contribution in [3.8, 4) is 0 Å². The topological polar surface area (TPSA) is 90.0 Å². The average molecular weight is 450 g/mol. The molecule has 1 aliphatic rings. The summed E-state index contributed by atoms with van der Waals surface area (Å²) >= 11 is 5.84. The number of rotatable bonds is 7. The van der Waals surface area contributed by atoms with Crippen LogP contribution in [-0.4, -0.2) is 57.4 Å². The van der Waals surface area contributed by atoms with Crippen molar-refractivity contribution in [2.45, 2.75) is 4.90 Å². The molecule has 0 bridgehead atoms. The number of carbonyl (C=O) groups is 2. The molecule has 0 N–H and O–H groups in total. The van der Waals surface area contributed by atoms with E-state index < -0.39 is 22.6 Å². The van der Waals surface area contributed by atoms with Crippen molar-refractivity contribution in [1.29, 1.82) is 0 Å². The highest BCUT2D eigenvalue weighted by Gasteiger charge is 2.25. The standard InChI is InChI=1S/C21H20ClNO6S/c22-18-3-1-2-17(14-18)20(24)15-29-21(25)9-6-16-4-7-19(8-5-16)30(26,27)23-10-12-28-13-11-23/h1-9,14H,10-13,15H2. The van der Waals surface area contributed by atoms with Crippen molar-refractivity contribution in [2.24, 2.45) is 0 Å². The van der Waals surface area contributed by atoms with Crippen molar-refractivity contribution in [3.05, 3.63) is 70.8 Å². The second kappa shape index (κ2) is 9.99.